The molecular weight excluding hydrogens is 427 g/mol. The summed E-state index contributed by atoms with van der Waals surface area (Å²) in [5.41, 5.74) is 3.41. The van der Waals surface area contributed by atoms with Gasteiger partial charge in [-0.3, -0.25) is 4.79 Å². The highest BCUT2D eigenvalue weighted by atomic mass is 19.4. The maximum absolute atomic E-state index is 13.3. The number of alkyl halides is 3. The van der Waals surface area contributed by atoms with Crippen LogP contribution >= 0.6 is 0 Å². The van der Waals surface area contributed by atoms with Crippen molar-refractivity contribution in [3.63, 3.8) is 0 Å². The summed E-state index contributed by atoms with van der Waals surface area (Å²) in [4.78, 5) is 15.5. The fraction of sp³-hybridized carbons (Fsp3) is 0.192. The Kier molecular flexibility index (Phi) is 5.12. The summed E-state index contributed by atoms with van der Waals surface area (Å²) in [7, 11) is 2.02. The molecule has 1 aromatic heterocycles. The van der Waals surface area contributed by atoms with Gasteiger partial charge in [-0.15, -0.1) is 0 Å². The SMILES string of the molecule is CN1CCCc2ccc(NC(=O)c3cc4ccccc4n3-c3cccc(C(F)(F)F)c3)cc21. The number of carbonyl (C=O) groups is 1. The number of halogens is 3. The number of nitrogens with zero attached hydrogens (tertiary/aromatic N) is 2. The maximum Gasteiger partial charge on any atom is 0.416 e. The molecule has 1 N–H and O–H groups in total. The van der Waals surface area contributed by atoms with E-state index in [0.29, 0.717) is 11.2 Å². The highest BCUT2D eigenvalue weighted by molar-refractivity contribution is 6.07. The van der Waals surface area contributed by atoms with E-state index in [0.717, 1.165) is 42.6 Å². The van der Waals surface area contributed by atoms with Gasteiger partial charge in [-0.05, 0) is 60.9 Å². The van der Waals surface area contributed by atoms with Gasteiger partial charge >= 0.3 is 6.18 Å². The van der Waals surface area contributed by atoms with Crippen LogP contribution in [0.15, 0.2) is 72.8 Å². The molecule has 0 bridgehead atoms. The lowest BCUT2D eigenvalue weighted by molar-refractivity contribution is -0.137. The first-order valence-electron chi connectivity index (χ1n) is 10.7. The van der Waals surface area contributed by atoms with Gasteiger partial charge in [-0.2, -0.15) is 13.2 Å². The van der Waals surface area contributed by atoms with E-state index in [1.54, 1.807) is 28.8 Å². The molecule has 0 atom stereocenters. The van der Waals surface area contributed by atoms with E-state index < -0.39 is 11.7 Å². The number of para-hydroxylation sites is 1. The van der Waals surface area contributed by atoms with Crippen LogP contribution in [0.2, 0.25) is 0 Å². The third-order valence-electron chi connectivity index (χ3n) is 6.07. The molecule has 168 valence electrons. The number of benzene rings is 3. The zero-order valence-corrected chi connectivity index (χ0v) is 18.0. The van der Waals surface area contributed by atoms with Crippen LogP contribution in [-0.4, -0.2) is 24.1 Å². The Morgan fingerprint density at radius 2 is 1.79 bits per heavy atom. The minimum Gasteiger partial charge on any atom is -0.374 e. The van der Waals surface area contributed by atoms with Gasteiger partial charge in [0.25, 0.3) is 5.91 Å². The highest BCUT2D eigenvalue weighted by Crippen LogP contribution is 2.33. The molecule has 1 aliphatic rings. The molecule has 5 rings (SSSR count). The Morgan fingerprint density at radius 3 is 2.61 bits per heavy atom. The van der Waals surface area contributed by atoms with E-state index in [1.165, 1.54) is 11.6 Å². The third-order valence-corrected chi connectivity index (χ3v) is 6.07. The van der Waals surface area contributed by atoms with Gasteiger partial charge in [-0.25, -0.2) is 0 Å². The molecule has 1 aliphatic heterocycles. The first-order chi connectivity index (χ1) is 15.8. The number of fused-ring (bicyclic) bond motifs is 2. The van der Waals surface area contributed by atoms with Gasteiger partial charge in [0, 0.05) is 36.0 Å². The lowest BCUT2D eigenvalue weighted by Crippen LogP contribution is -2.25. The first-order valence-corrected chi connectivity index (χ1v) is 10.7. The van der Waals surface area contributed by atoms with Crippen LogP contribution in [0.1, 0.15) is 28.0 Å². The number of carbonyl (C=O) groups excluding carboxylic acids is 1. The number of nitrogens with one attached hydrogen (secondary N) is 1. The van der Waals surface area contributed by atoms with Crippen LogP contribution in [0.3, 0.4) is 0 Å². The first kappa shape index (κ1) is 21.1. The molecule has 1 amide bonds. The summed E-state index contributed by atoms with van der Waals surface area (Å²) in [6.07, 6.45) is -2.39. The van der Waals surface area contributed by atoms with Gasteiger partial charge in [0.2, 0.25) is 0 Å². The quantitative estimate of drug-likeness (QED) is 0.399. The molecule has 33 heavy (non-hydrogen) atoms. The van der Waals surface area contributed by atoms with Crippen molar-refractivity contribution in [2.45, 2.75) is 19.0 Å². The number of anilines is 2. The van der Waals surface area contributed by atoms with Gasteiger partial charge < -0.3 is 14.8 Å². The smallest absolute Gasteiger partial charge is 0.374 e. The summed E-state index contributed by atoms with van der Waals surface area (Å²) in [5.74, 6) is -0.387. The average Bonchev–Trinajstić information content (AvgIpc) is 3.19. The minimum atomic E-state index is -4.48. The topological polar surface area (TPSA) is 37.3 Å². The molecule has 7 heteroatoms. The lowest BCUT2D eigenvalue weighted by Gasteiger charge is -2.28. The Morgan fingerprint density at radius 1 is 0.970 bits per heavy atom. The predicted molar refractivity (Wildman–Crippen MR) is 124 cm³/mol. The van der Waals surface area contributed by atoms with Gasteiger partial charge in [0.1, 0.15) is 5.69 Å². The van der Waals surface area contributed by atoms with Crippen molar-refractivity contribution in [1.29, 1.82) is 0 Å². The van der Waals surface area contributed by atoms with Crippen LogP contribution in [0.25, 0.3) is 16.6 Å². The zero-order chi connectivity index (χ0) is 23.2. The number of hydrogen-bond acceptors (Lipinski definition) is 2. The Bertz CT molecular complexity index is 1360. The molecule has 0 unspecified atom stereocenters. The van der Waals surface area contributed by atoms with Crippen LogP contribution in [0.5, 0.6) is 0 Å². The average molecular weight is 449 g/mol. The summed E-state index contributed by atoms with van der Waals surface area (Å²) in [6, 6.07) is 19.8. The molecule has 3 aromatic carbocycles. The minimum absolute atomic E-state index is 0.265. The van der Waals surface area contributed by atoms with Crippen LogP contribution in [-0.2, 0) is 12.6 Å². The number of aromatic nitrogens is 1. The molecule has 0 saturated heterocycles. The van der Waals surface area contributed by atoms with E-state index in [2.05, 4.69) is 10.2 Å². The highest BCUT2D eigenvalue weighted by Gasteiger charge is 2.31. The monoisotopic (exact) mass is 449 g/mol. The normalized spacial score (nSPS) is 13.8. The fourth-order valence-corrected chi connectivity index (χ4v) is 4.45. The van der Waals surface area contributed by atoms with Crippen molar-refractivity contribution >= 4 is 28.2 Å². The standard InChI is InChI=1S/C26H22F3N3O/c1-31-13-5-7-17-11-12-20(16-23(17)31)30-25(33)24-14-18-6-2-3-10-22(18)32(24)21-9-4-8-19(15-21)26(27,28)29/h2-4,6,8-12,14-16H,5,7,13H2,1H3,(H,30,33). The van der Waals surface area contributed by atoms with E-state index in [1.807, 2.05) is 37.4 Å². The second kappa shape index (κ2) is 7.99. The van der Waals surface area contributed by atoms with Crippen molar-refractivity contribution in [1.82, 2.24) is 4.57 Å². The van der Waals surface area contributed by atoms with Crippen LogP contribution < -0.4 is 10.2 Å². The Balaban J connectivity index is 1.57. The molecule has 0 saturated carbocycles. The second-order valence-corrected chi connectivity index (χ2v) is 8.29. The molecule has 0 spiro atoms. The lowest BCUT2D eigenvalue weighted by atomic mass is 10.0. The van der Waals surface area contributed by atoms with Crippen molar-refractivity contribution in [3.8, 4) is 5.69 Å². The number of rotatable bonds is 3. The van der Waals surface area contributed by atoms with Crippen molar-refractivity contribution in [2.24, 2.45) is 0 Å². The fourth-order valence-electron chi connectivity index (χ4n) is 4.45. The van der Waals surface area contributed by atoms with E-state index >= 15 is 0 Å². The van der Waals surface area contributed by atoms with Crippen molar-refractivity contribution in [3.05, 3.63) is 89.6 Å². The molecule has 4 nitrogen and oxygen atoms in total. The molecule has 0 fully saturated rings. The number of hydrogen-bond donors (Lipinski definition) is 1. The van der Waals surface area contributed by atoms with E-state index in [4.69, 9.17) is 0 Å². The Hall–Kier alpha value is -3.74. The van der Waals surface area contributed by atoms with Gasteiger partial charge in [0.15, 0.2) is 0 Å². The number of aryl methyl sites for hydroxylation is 1. The molecule has 2 heterocycles. The predicted octanol–water partition coefficient (Wildman–Crippen LogP) is 6.28. The van der Waals surface area contributed by atoms with Crippen LogP contribution in [0.4, 0.5) is 24.5 Å². The largest absolute Gasteiger partial charge is 0.416 e. The van der Waals surface area contributed by atoms with Crippen molar-refractivity contribution in [2.75, 3.05) is 23.8 Å². The maximum atomic E-state index is 13.3. The second-order valence-electron chi connectivity index (χ2n) is 8.29. The van der Waals surface area contributed by atoms with Crippen molar-refractivity contribution < 1.29 is 18.0 Å². The number of amides is 1. The molecule has 0 radical (unpaired) electrons. The summed E-state index contributed by atoms with van der Waals surface area (Å²) >= 11 is 0. The van der Waals surface area contributed by atoms with Crippen LogP contribution in [0, 0.1) is 0 Å². The molecule has 4 aromatic rings. The Labute approximate surface area is 189 Å². The van der Waals surface area contributed by atoms with E-state index in [9.17, 15) is 18.0 Å². The zero-order valence-electron chi connectivity index (χ0n) is 18.0. The van der Waals surface area contributed by atoms with E-state index in [-0.39, 0.29) is 17.3 Å². The summed E-state index contributed by atoms with van der Waals surface area (Å²) < 4.78 is 41.6. The summed E-state index contributed by atoms with van der Waals surface area (Å²) in [6.45, 7) is 0.953. The van der Waals surface area contributed by atoms with Gasteiger partial charge in [-0.1, -0.05) is 30.3 Å². The molecular formula is C26H22F3N3O. The van der Waals surface area contributed by atoms with Gasteiger partial charge in [0.05, 0.1) is 11.1 Å². The summed E-state index contributed by atoms with van der Waals surface area (Å²) in [5, 5.41) is 3.70. The molecule has 0 aliphatic carbocycles. The third kappa shape index (κ3) is 3.95.